The lowest BCUT2D eigenvalue weighted by Crippen LogP contribution is -2.11. The Morgan fingerprint density at radius 1 is 1.29 bits per heavy atom. The van der Waals surface area contributed by atoms with E-state index in [0.29, 0.717) is 10.7 Å². The van der Waals surface area contributed by atoms with Gasteiger partial charge < -0.3 is 5.32 Å². The van der Waals surface area contributed by atoms with Gasteiger partial charge in [-0.1, -0.05) is 30.7 Å². The van der Waals surface area contributed by atoms with Crippen LogP contribution in [0.1, 0.15) is 24.9 Å². The van der Waals surface area contributed by atoms with Crippen LogP contribution in [0.3, 0.4) is 0 Å². The molecule has 0 saturated heterocycles. The summed E-state index contributed by atoms with van der Waals surface area (Å²) in [5.41, 5.74) is 0.978. The standard InChI is InChI=1S/C15H14ClFN2O2/c1-2-13(10-3-5-11(16)6-4-10)18-14-8-7-12(17)9-15(14)19(20)21/h3-9,13,18H,2H2,1H3. The summed E-state index contributed by atoms with van der Waals surface area (Å²) in [6, 6.07) is 10.6. The maximum Gasteiger partial charge on any atom is 0.295 e. The molecule has 4 nitrogen and oxygen atoms in total. The van der Waals surface area contributed by atoms with Crippen LogP contribution in [0.25, 0.3) is 0 Å². The van der Waals surface area contributed by atoms with Gasteiger partial charge in [-0.05, 0) is 36.2 Å². The average molecular weight is 309 g/mol. The van der Waals surface area contributed by atoms with Crippen molar-refractivity contribution in [1.29, 1.82) is 0 Å². The van der Waals surface area contributed by atoms with E-state index in [2.05, 4.69) is 5.32 Å². The lowest BCUT2D eigenvalue weighted by molar-refractivity contribution is -0.384. The van der Waals surface area contributed by atoms with E-state index in [4.69, 9.17) is 11.6 Å². The predicted molar refractivity (Wildman–Crippen MR) is 81.2 cm³/mol. The number of benzene rings is 2. The van der Waals surface area contributed by atoms with Crippen molar-refractivity contribution in [3.05, 3.63) is 69.0 Å². The van der Waals surface area contributed by atoms with Gasteiger partial charge in [0.15, 0.2) is 0 Å². The molecule has 110 valence electrons. The molecule has 0 radical (unpaired) electrons. The molecule has 0 saturated carbocycles. The summed E-state index contributed by atoms with van der Waals surface area (Å²) in [4.78, 5) is 10.4. The van der Waals surface area contributed by atoms with Gasteiger partial charge in [0.1, 0.15) is 11.5 Å². The first kappa shape index (κ1) is 15.3. The molecule has 0 aromatic heterocycles. The molecular weight excluding hydrogens is 295 g/mol. The van der Waals surface area contributed by atoms with Gasteiger partial charge in [0, 0.05) is 5.02 Å². The monoisotopic (exact) mass is 308 g/mol. The van der Waals surface area contributed by atoms with E-state index in [1.54, 1.807) is 12.1 Å². The molecule has 2 rings (SSSR count). The molecule has 2 aromatic carbocycles. The molecule has 0 aliphatic heterocycles. The predicted octanol–water partition coefficient (Wildman–Crippen LogP) is 4.95. The molecule has 0 heterocycles. The highest BCUT2D eigenvalue weighted by atomic mass is 35.5. The van der Waals surface area contributed by atoms with Crippen LogP contribution in [0.5, 0.6) is 0 Å². The number of nitrogens with one attached hydrogen (secondary N) is 1. The number of halogens is 2. The average Bonchev–Trinajstić information content (AvgIpc) is 2.47. The summed E-state index contributed by atoms with van der Waals surface area (Å²) in [7, 11) is 0. The van der Waals surface area contributed by atoms with Crippen LogP contribution in [0.2, 0.25) is 5.02 Å². The van der Waals surface area contributed by atoms with Gasteiger partial charge in [-0.15, -0.1) is 0 Å². The first-order valence-electron chi connectivity index (χ1n) is 6.47. The molecule has 0 bridgehead atoms. The largest absolute Gasteiger partial charge is 0.373 e. The zero-order valence-electron chi connectivity index (χ0n) is 11.3. The van der Waals surface area contributed by atoms with E-state index in [0.717, 1.165) is 18.1 Å². The van der Waals surface area contributed by atoms with Crippen LogP contribution in [-0.4, -0.2) is 4.92 Å². The molecule has 1 unspecified atom stereocenters. The van der Waals surface area contributed by atoms with Crippen molar-refractivity contribution in [2.45, 2.75) is 19.4 Å². The minimum Gasteiger partial charge on any atom is -0.373 e. The fraction of sp³-hybridized carbons (Fsp3) is 0.200. The molecule has 1 N–H and O–H groups in total. The van der Waals surface area contributed by atoms with Gasteiger partial charge >= 0.3 is 0 Å². The van der Waals surface area contributed by atoms with Gasteiger partial charge in [-0.3, -0.25) is 10.1 Å². The van der Waals surface area contributed by atoms with Crippen LogP contribution >= 0.6 is 11.6 Å². The minimum atomic E-state index is -0.633. The highest BCUT2D eigenvalue weighted by Gasteiger charge is 2.18. The van der Waals surface area contributed by atoms with Crippen molar-refractivity contribution >= 4 is 23.0 Å². The molecule has 2 aromatic rings. The SMILES string of the molecule is CCC(Nc1ccc(F)cc1[N+](=O)[O-])c1ccc(Cl)cc1. The van der Waals surface area contributed by atoms with Crippen molar-refractivity contribution in [1.82, 2.24) is 0 Å². The van der Waals surface area contributed by atoms with Crippen LogP contribution in [0, 0.1) is 15.9 Å². The van der Waals surface area contributed by atoms with E-state index < -0.39 is 10.7 Å². The van der Waals surface area contributed by atoms with E-state index in [-0.39, 0.29) is 11.7 Å². The first-order chi connectivity index (χ1) is 10.0. The molecule has 0 aliphatic rings. The van der Waals surface area contributed by atoms with Crippen LogP contribution in [-0.2, 0) is 0 Å². The fourth-order valence-corrected chi connectivity index (χ4v) is 2.21. The molecule has 0 spiro atoms. The maximum atomic E-state index is 13.1. The van der Waals surface area contributed by atoms with Gasteiger partial charge in [0.25, 0.3) is 5.69 Å². The summed E-state index contributed by atoms with van der Waals surface area (Å²) in [6.45, 7) is 1.96. The third-order valence-electron chi connectivity index (χ3n) is 3.17. The van der Waals surface area contributed by atoms with Crippen LogP contribution in [0.15, 0.2) is 42.5 Å². The third kappa shape index (κ3) is 3.70. The third-order valence-corrected chi connectivity index (χ3v) is 3.42. The number of nitro benzene ring substituents is 1. The van der Waals surface area contributed by atoms with Crippen molar-refractivity contribution in [3.63, 3.8) is 0 Å². The van der Waals surface area contributed by atoms with Gasteiger partial charge in [-0.25, -0.2) is 4.39 Å². The Bertz CT molecular complexity index is 647. The molecule has 0 fully saturated rings. The van der Waals surface area contributed by atoms with Crippen molar-refractivity contribution in [3.8, 4) is 0 Å². The molecule has 6 heteroatoms. The first-order valence-corrected chi connectivity index (χ1v) is 6.85. The molecule has 1 atom stereocenters. The van der Waals surface area contributed by atoms with Crippen LogP contribution in [0.4, 0.5) is 15.8 Å². The van der Waals surface area contributed by atoms with Gasteiger partial charge in [-0.2, -0.15) is 0 Å². The lowest BCUT2D eigenvalue weighted by atomic mass is 10.0. The number of rotatable bonds is 5. The Balaban J connectivity index is 2.30. The quantitative estimate of drug-likeness (QED) is 0.628. The normalized spacial score (nSPS) is 12.0. The van der Waals surface area contributed by atoms with E-state index >= 15 is 0 Å². The molecular formula is C15H14ClFN2O2. The Kier molecular flexibility index (Phi) is 4.75. The summed E-state index contributed by atoms with van der Waals surface area (Å²) in [6.07, 6.45) is 0.718. The summed E-state index contributed by atoms with van der Waals surface area (Å²) in [5, 5.41) is 14.7. The number of nitrogens with zero attached hydrogens (tertiary/aromatic N) is 1. The number of hydrogen-bond donors (Lipinski definition) is 1. The summed E-state index contributed by atoms with van der Waals surface area (Å²) in [5.74, 6) is -0.633. The zero-order valence-corrected chi connectivity index (χ0v) is 12.1. The molecule has 21 heavy (non-hydrogen) atoms. The topological polar surface area (TPSA) is 55.2 Å². The van der Waals surface area contributed by atoms with E-state index in [1.165, 1.54) is 12.1 Å². The Morgan fingerprint density at radius 2 is 1.95 bits per heavy atom. The Hall–Kier alpha value is -2.14. The second-order valence-corrected chi connectivity index (χ2v) is 5.01. The van der Waals surface area contributed by atoms with E-state index in [9.17, 15) is 14.5 Å². The van der Waals surface area contributed by atoms with E-state index in [1.807, 2.05) is 19.1 Å². The second kappa shape index (κ2) is 6.54. The smallest absolute Gasteiger partial charge is 0.295 e. The second-order valence-electron chi connectivity index (χ2n) is 4.58. The summed E-state index contributed by atoms with van der Waals surface area (Å²) >= 11 is 5.85. The zero-order chi connectivity index (χ0) is 15.4. The van der Waals surface area contributed by atoms with Gasteiger partial charge in [0.2, 0.25) is 0 Å². The minimum absolute atomic E-state index is 0.119. The Morgan fingerprint density at radius 3 is 2.52 bits per heavy atom. The maximum absolute atomic E-state index is 13.1. The van der Waals surface area contributed by atoms with Crippen molar-refractivity contribution in [2.75, 3.05) is 5.32 Å². The van der Waals surface area contributed by atoms with Crippen molar-refractivity contribution < 1.29 is 9.31 Å². The highest BCUT2D eigenvalue weighted by Crippen LogP contribution is 2.30. The Labute approximate surface area is 126 Å². The number of anilines is 1. The molecule has 0 amide bonds. The number of hydrogen-bond acceptors (Lipinski definition) is 3. The number of nitro groups is 1. The molecule has 0 aliphatic carbocycles. The lowest BCUT2D eigenvalue weighted by Gasteiger charge is -2.18. The highest BCUT2D eigenvalue weighted by molar-refractivity contribution is 6.30. The van der Waals surface area contributed by atoms with Crippen molar-refractivity contribution in [2.24, 2.45) is 0 Å². The van der Waals surface area contributed by atoms with Gasteiger partial charge in [0.05, 0.1) is 17.0 Å². The van der Waals surface area contributed by atoms with Crippen LogP contribution < -0.4 is 5.32 Å². The summed E-state index contributed by atoms with van der Waals surface area (Å²) < 4.78 is 13.1. The fourth-order valence-electron chi connectivity index (χ4n) is 2.08.